The van der Waals surface area contributed by atoms with Gasteiger partial charge in [-0.3, -0.25) is 4.79 Å². The van der Waals surface area contributed by atoms with E-state index in [2.05, 4.69) is 93.7 Å². The van der Waals surface area contributed by atoms with Gasteiger partial charge in [0.25, 0.3) is 0 Å². The SMILES string of the molecule is C[C@H](CCC(=O)O)[C@H]1CC[C@H]2C(=CC=C3C[C@@H](O[Si](C)(C)C(C)(C)C)C[C@H](O[Si](C)(C)C(C)(C)C)C3)CCC[C@]12C. The molecule has 0 aromatic heterocycles. The Labute approximate surface area is 255 Å². The minimum Gasteiger partial charge on any atom is -0.481 e. The van der Waals surface area contributed by atoms with Gasteiger partial charge in [-0.05, 0) is 117 Å². The lowest BCUT2D eigenvalue weighted by atomic mass is 9.60. The minimum absolute atomic E-state index is 0.194. The van der Waals surface area contributed by atoms with Crippen LogP contribution in [0.25, 0.3) is 0 Å². The Kier molecular flexibility index (Phi) is 10.8. The van der Waals surface area contributed by atoms with Gasteiger partial charge >= 0.3 is 5.97 Å². The number of hydrogen-bond acceptors (Lipinski definition) is 3. The van der Waals surface area contributed by atoms with Crippen molar-refractivity contribution in [3.8, 4) is 0 Å². The van der Waals surface area contributed by atoms with Crippen LogP contribution in [0.15, 0.2) is 23.3 Å². The zero-order valence-electron chi connectivity index (χ0n) is 28.8. The summed E-state index contributed by atoms with van der Waals surface area (Å²) in [6.45, 7) is 28.4. The molecule has 0 aliphatic heterocycles. The monoisotopic (exact) mass is 604 g/mol. The van der Waals surface area contributed by atoms with Crippen molar-refractivity contribution in [3.63, 3.8) is 0 Å². The van der Waals surface area contributed by atoms with Crippen molar-refractivity contribution in [2.45, 2.75) is 168 Å². The highest BCUT2D eigenvalue weighted by molar-refractivity contribution is 6.74. The van der Waals surface area contributed by atoms with Gasteiger partial charge in [-0.1, -0.05) is 78.7 Å². The van der Waals surface area contributed by atoms with Crippen molar-refractivity contribution in [1.82, 2.24) is 0 Å². The summed E-state index contributed by atoms with van der Waals surface area (Å²) in [5, 5.41) is 9.64. The molecule has 0 spiro atoms. The maximum atomic E-state index is 11.2. The fourth-order valence-corrected chi connectivity index (χ4v) is 10.4. The Morgan fingerprint density at radius 1 is 0.976 bits per heavy atom. The third kappa shape index (κ3) is 8.27. The molecule has 6 heteroatoms. The first kappa shape index (κ1) is 34.8. The molecular weight excluding hydrogens is 541 g/mol. The zero-order valence-corrected chi connectivity index (χ0v) is 30.8. The van der Waals surface area contributed by atoms with E-state index in [0.29, 0.717) is 29.6 Å². The molecule has 0 bridgehead atoms. The van der Waals surface area contributed by atoms with Crippen LogP contribution >= 0.6 is 0 Å². The maximum absolute atomic E-state index is 11.2. The topological polar surface area (TPSA) is 55.8 Å². The molecule has 3 rings (SSSR count). The van der Waals surface area contributed by atoms with E-state index in [1.54, 1.807) is 5.57 Å². The number of rotatable bonds is 9. The van der Waals surface area contributed by atoms with Crippen molar-refractivity contribution in [3.05, 3.63) is 23.3 Å². The number of fused-ring (bicyclic) bond motifs is 1. The molecule has 0 amide bonds. The average Bonchev–Trinajstić information content (AvgIpc) is 3.16. The molecule has 0 aromatic carbocycles. The van der Waals surface area contributed by atoms with E-state index in [1.807, 2.05) is 0 Å². The molecule has 3 fully saturated rings. The largest absolute Gasteiger partial charge is 0.481 e. The van der Waals surface area contributed by atoms with Crippen LogP contribution in [-0.4, -0.2) is 39.9 Å². The molecule has 4 nitrogen and oxygen atoms in total. The Balaban J connectivity index is 1.84. The highest BCUT2D eigenvalue weighted by Gasteiger charge is 2.50. The van der Waals surface area contributed by atoms with Gasteiger partial charge in [-0.15, -0.1) is 0 Å². The first-order valence-corrected chi connectivity index (χ1v) is 22.4. The number of carboxylic acid groups (broad SMARTS) is 1. The number of aliphatic carboxylic acids is 1. The summed E-state index contributed by atoms with van der Waals surface area (Å²) >= 11 is 0. The lowest BCUT2D eigenvalue weighted by Crippen LogP contribution is -2.48. The minimum atomic E-state index is -1.89. The molecule has 0 saturated heterocycles. The van der Waals surface area contributed by atoms with Gasteiger partial charge in [0.15, 0.2) is 16.6 Å². The summed E-state index contributed by atoms with van der Waals surface area (Å²) in [5.41, 5.74) is 3.43. The highest BCUT2D eigenvalue weighted by atomic mass is 28.4. The molecular formula is C35H64O4Si2. The van der Waals surface area contributed by atoms with Crippen molar-refractivity contribution in [2.75, 3.05) is 0 Å². The summed E-state index contributed by atoms with van der Waals surface area (Å²) in [7, 11) is -3.77. The third-order valence-electron chi connectivity index (χ3n) is 12.1. The molecule has 0 aromatic rings. The number of carbonyl (C=O) groups is 1. The first-order valence-electron chi connectivity index (χ1n) is 16.6. The van der Waals surface area contributed by atoms with Crippen molar-refractivity contribution < 1.29 is 18.8 Å². The zero-order chi connectivity index (χ0) is 31.0. The Bertz CT molecular complexity index is 945. The molecule has 41 heavy (non-hydrogen) atoms. The second-order valence-electron chi connectivity index (χ2n) is 17.2. The van der Waals surface area contributed by atoms with E-state index in [4.69, 9.17) is 8.85 Å². The van der Waals surface area contributed by atoms with Gasteiger partial charge in [0, 0.05) is 6.42 Å². The van der Waals surface area contributed by atoms with Crippen molar-refractivity contribution in [1.29, 1.82) is 0 Å². The predicted molar refractivity (Wildman–Crippen MR) is 178 cm³/mol. The van der Waals surface area contributed by atoms with Crippen LogP contribution in [0.3, 0.4) is 0 Å². The van der Waals surface area contributed by atoms with E-state index in [0.717, 1.165) is 25.7 Å². The fourth-order valence-electron chi connectivity index (χ4n) is 7.62. The van der Waals surface area contributed by atoms with Crippen LogP contribution in [-0.2, 0) is 13.6 Å². The highest BCUT2D eigenvalue weighted by Crippen LogP contribution is 2.60. The summed E-state index contributed by atoms with van der Waals surface area (Å²) in [5.74, 6) is 1.07. The Morgan fingerprint density at radius 2 is 1.51 bits per heavy atom. The van der Waals surface area contributed by atoms with E-state index < -0.39 is 22.6 Å². The number of carboxylic acids is 1. The standard InChI is InChI=1S/C35H64O4Si2/c1-25(15-20-32(36)37)30-18-19-31-27(14-13-21-35(30,31)8)17-16-26-22-28(38-40(9,10)33(2,3)4)24-29(23-26)39-41(11,12)34(5,6)7/h16-17,25,28-31H,13-15,18-24H2,1-12H3,(H,36,37)/t25-,28-,29-,30-,31+,35-/m1/s1. The van der Waals surface area contributed by atoms with E-state index in [1.165, 1.54) is 37.7 Å². The van der Waals surface area contributed by atoms with Crippen LogP contribution in [0.4, 0.5) is 0 Å². The lowest BCUT2D eigenvalue weighted by Gasteiger charge is -2.45. The van der Waals surface area contributed by atoms with Crippen LogP contribution < -0.4 is 0 Å². The normalized spacial score (nSPS) is 31.7. The average molecular weight is 605 g/mol. The molecule has 0 heterocycles. The van der Waals surface area contributed by atoms with Gasteiger partial charge in [-0.25, -0.2) is 0 Å². The summed E-state index contributed by atoms with van der Waals surface area (Å²) in [4.78, 5) is 11.2. The maximum Gasteiger partial charge on any atom is 0.303 e. The van der Waals surface area contributed by atoms with E-state index >= 15 is 0 Å². The molecule has 236 valence electrons. The van der Waals surface area contributed by atoms with E-state index in [9.17, 15) is 9.90 Å². The fraction of sp³-hybridized carbons (Fsp3) is 0.857. The second kappa shape index (κ2) is 12.7. The Morgan fingerprint density at radius 3 is 2.00 bits per heavy atom. The molecule has 0 unspecified atom stereocenters. The van der Waals surface area contributed by atoms with Gasteiger partial charge in [0.1, 0.15) is 0 Å². The van der Waals surface area contributed by atoms with Crippen LogP contribution in [0, 0.1) is 23.2 Å². The summed E-state index contributed by atoms with van der Waals surface area (Å²) < 4.78 is 14.1. The smallest absolute Gasteiger partial charge is 0.303 e. The van der Waals surface area contributed by atoms with Gasteiger partial charge in [0.2, 0.25) is 0 Å². The van der Waals surface area contributed by atoms with Crippen molar-refractivity contribution >= 4 is 22.6 Å². The molecule has 1 N–H and O–H groups in total. The van der Waals surface area contributed by atoms with Gasteiger partial charge in [0.05, 0.1) is 12.2 Å². The van der Waals surface area contributed by atoms with Crippen LogP contribution in [0.5, 0.6) is 0 Å². The summed E-state index contributed by atoms with van der Waals surface area (Å²) in [6, 6.07) is 0. The van der Waals surface area contributed by atoms with Crippen LogP contribution in [0.1, 0.15) is 120 Å². The first-order chi connectivity index (χ1) is 18.7. The predicted octanol–water partition coefficient (Wildman–Crippen LogP) is 10.5. The Hall–Kier alpha value is -0.696. The number of allylic oxidation sites excluding steroid dienone is 3. The summed E-state index contributed by atoms with van der Waals surface area (Å²) in [6.07, 6.45) is 15.8. The molecule has 6 atom stereocenters. The molecule has 3 aliphatic rings. The van der Waals surface area contributed by atoms with Crippen LogP contribution in [0.2, 0.25) is 36.3 Å². The van der Waals surface area contributed by atoms with E-state index in [-0.39, 0.29) is 22.3 Å². The van der Waals surface area contributed by atoms with Crippen molar-refractivity contribution in [2.24, 2.45) is 23.2 Å². The molecule has 0 radical (unpaired) electrons. The quantitative estimate of drug-likeness (QED) is 0.266. The third-order valence-corrected chi connectivity index (χ3v) is 21.2. The van der Waals surface area contributed by atoms with Gasteiger partial charge < -0.3 is 14.0 Å². The lowest BCUT2D eigenvalue weighted by molar-refractivity contribution is -0.137. The second-order valence-corrected chi connectivity index (χ2v) is 26.7. The molecule has 3 saturated carbocycles. The molecule has 3 aliphatic carbocycles. The van der Waals surface area contributed by atoms with Gasteiger partial charge in [-0.2, -0.15) is 0 Å². The number of hydrogen-bond donors (Lipinski definition) is 1.